The number of anilines is 1. The second-order valence-corrected chi connectivity index (χ2v) is 6.97. The van der Waals surface area contributed by atoms with Gasteiger partial charge in [-0.3, -0.25) is 20.4 Å². The second-order valence-electron chi connectivity index (χ2n) is 6.97. The summed E-state index contributed by atoms with van der Waals surface area (Å²) in [5.41, 5.74) is 5.14. The standard InChI is InChI=1S/C21H18FN5O4/c22-15-5-3-13(4-6-15)18(28)25-26-19(29)14-7-9-27(10-8-14)21-16(12-23)24-20(31-21)17-2-1-11-30-17/h1-6,11,14H,7-10H2,(H,25,28)(H,26,29). The van der Waals surface area contributed by atoms with E-state index in [2.05, 4.69) is 15.8 Å². The minimum Gasteiger partial charge on any atom is -0.459 e. The SMILES string of the molecule is N#Cc1nc(-c2ccco2)oc1N1CCC(C(=O)NNC(=O)c2ccc(F)cc2)CC1. The number of aromatic nitrogens is 1. The summed E-state index contributed by atoms with van der Waals surface area (Å²) < 4.78 is 23.9. The molecule has 1 fully saturated rings. The fourth-order valence-electron chi connectivity index (χ4n) is 3.34. The Balaban J connectivity index is 1.32. The Hall–Kier alpha value is -4.13. The minimum absolute atomic E-state index is 0.154. The molecule has 0 unspecified atom stereocenters. The Labute approximate surface area is 176 Å². The van der Waals surface area contributed by atoms with Gasteiger partial charge in [-0.2, -0.15) is 10.2 Å². The van der Waals surface area contributed by atoms with Crippen LogP contribution in [-0.2, 0) is 4.79 Å². The zero-order valence-corrected chi connectivity index (χ0v) is 16.3. The van der Waals surface area contributed by atoms with Crippen molar-refractivity contribution in [3.8, 4) is 17.7 Å². The minimum atomic E-state index is -0.531. The molecule has 3 aromatic rings. The van der Waals surface area contributed by atoms with Crippen molar-refractivity contribution in [2.24, 2.45) is 5.92 Å². The van der Waals surface area contributed by atoms with Crippen LogP contribution in [0.2, 0.25) is 0 Å². The van der Waals surface area contributed by atoms with Crippen LogP contribution >= 0.6 is 0 Å². The van der Waals surface area contributed by atoms with Gasteiger partial charge < -0.3 is 13.7 Å². The van der Waals surface area contributed by atoms with Crippen LogP contribution < -0.4 is 15.8 Å². The zero-order valence-electron chi connectivity index (χ0n) is 16.3. The molecule has 2 aromatic heterocycles. The fraction of sp³-hybridized carbons (Fsp3) is 0.238. The van der Waals surface area contributed by atoms with Crippen molar-refractivity contribution in [1.82, 2.24) is 15.8 Å². The molecule has 10 heteroatoms. The number of nitriles is 1. The molecule has 1 saturated heterocycles. The summed E-state index contributed by atoms with van der Waals surface area (Å²) in [4.78, 5) is 30.5. The van der Waals surface area contributed by atoms with Gasteiger partial charge in [-0.25, -0.2) is 4.39 Å². The number of furan rings is 1. The number of hydrazine groups is 1. The van der Waals surface area contributed by atoms with Crippen molar-refractivity contribution in [1.29, 1.82) is 5.26 Å². The number of amides is 2. The molecular weight excluding hydrogens is 405 g/mol. The molecule has 0 radical (unpaired) electrons. The maximum atomic E-state index is 12.9. The van der Waals surface area contributed by atoms with E-state index in [0.717, 1.165) is 0 Å². The Bertz CT molecular complexity index is 1110. The topological polar surface area (TPSA) is 124 Å². The Morgan fingerprint density at radius 3 is 2.55 bits per heavy atom. The third-order valence-corrected chi connectivity index (χ3v) is 5.01. The van der Waals surface area contributed by atoms with E-state index < -0.39 is 11.7 Å². The van der Waals surface area contributed by atoms with E-state index in [1.54, 1.807) is 12.1 Å². The van der Waals surface area contributed by atoms with Crippen molar-refractivity contribution in [2.45, 2.75) is 12.8 Å². The average Bonchev–Trinajstić information content (AvgIpc) is 3.47. The number of hydrogen-bond donors (Lipinski definition) is 2. The quantitative estimate of drug-likeness (QED) is 0.618. The molecule has 158 valence electrons. The molecular formula is C21H18FN5O4. The number of benzene rings is 1. The maximum Gasteiger partial charge on any atom is 0.269 e. The van der Waals surface area contributed by atoms with Crippen molar-refractivity contribution in [3.63, 3.8) is 0 Å². The van der Waals surface area contributed by atoms with Gasteiger partial charge in [0.05, 0.1) is 6.26 Å². The van der Waals surface area contributed by atoms with Gasteiger partial charge in [0.2, 0.25) is 17.5 Å². The predicted molar refractivity (Wildman–Crippen MR) is 106 cm³/mol. The maximum absolute atomic E-state index is 12.9. The van der Waals surface area contributed by atoms with Gasteiger partial charge in [0, 0.05) is 24.6 Å². The van der Waals surface area contributed by atoms with Crippen molar-refractivity contribution >= 4 is 17.7 Å². The van der Waals surface area contributed by atoms with Crippen LogP contribution in [0, 0.1) is 23.1 Å². The molecule has 0 aliphatic carbocycles. The predicted octanol–water partition coefficient (Wildman–Crippen LogP) is 2.62. The molecule has 0 spiro atoms. The summed E-state index contributed by atoms with van der Waals surface area (Å²) in [5, 5.41) is 9.38. The lowest BCUT2D eigenvalue weighted by Gasteiger charge is -2.30. The summed E-state index contributed by atoms with van der Waals surface area (Å²) in [5.74, 6) is -0.620. The smallest absolute Gasteiger partial charge is 0.269 e. The van der Waals surface area contributed by atoms with Crippen LogP contribution in [0.15, 0.2) is 51.5 Å². The van der Waals surface area contributed by atoms with E-state index in [9.17, 15) is 19.2 Å². The first-order valence-corrected chi connectivity index (χ1v) is 9.60. The molecule has 2 amide bonds. The number of hydrogen-bond acceptors (Lipinski definition) is 7. The number of oxazole rings is 1. The van der Waals surface area contributed by atoms with Gasteiger partial charge >= 0.3 is 0 Å². The van der Waals surface area contributed by atoms with Gasteiger partial charge in [0.1, 0.15) is 11.9 Å². The highest BCUT2D eigenvalue weighted by atomic mass is 19.1. The number of nitrogens with one attached hydrogen (secondary N) is 2. The van der Waals surface area contributed by atoms with Crippen LogP contribution in [0.4, 0.5) is 10.3 Å². The summed E-state index contributed by atoms with van der Waals surface area (Å²) >= 11 is 0. The highest BCUT2D eigenvalue weighted by Crippen LogP contribution is 2.31. The van der Waals surface area contributed by atoms with Crippen LogP contribution in [0.3, 0.4) is 0 Å². The number of halogens is 1. The van der Waals surface area contributed by atoms with E-state index in [-0.39, 0.29) is 29.0 Å². The largest absolute Gasteiger partial charge is 0.459 e. The summed E-state index contributed by atoms with van der Waals surface area (Å²) in [7, 11) is 0. The Morgan fingerprint density at radius 1 is 1.16 bits per heavy atom. The van der Waals surface area contributed by atoms with Gasteiger partial charge in [0.25, 0.3) is 11.8 Å². The lowest BCUT2D eigenvalue weighted by molar-refractivity contribution is -0.126. The molecule has 1 aliphatic heterocycles. The monoisotopic (exact) mass is 423 g/mol. The van der Waals surface area contributed by atoms with E-state index in [4.69, 9.17) is 8.83 Å². The van der Waals surface area contributed by atoms with Gasteiger partial charge in [-0.15, -0.1) is 0 Å². The third-order valence-electron chi connectivity index (χ3n) is 5.01. The van der Waals surface area contributed by atoms with Gasteiger partial charge in [-0.1, -0.05) is 0 Å². The first-order chi connectivity index (χ1) is 15.0. The molecule has 0 bridgehead atoms. The first-order valence-electron chi connectivity index (χ1n) is 9.60. The molecule has 2 N–H and O–H groups in total. The lowest BCUT2D eigenvalue weighted by atomic mass is 9.96. The third kappa shape index (κ3) is 4.40. The van der Waals surface area contributed by atoms with E-state index in [1.165, 1.54) is 30.5 Å². The van der Waals surface area contributed by atoms with Crippen LogP contribution in [0.1, 0.15) is 28.9 Å². The summed E-state index contributed by atoms with van der Waals surface area (Å²) in [6.07, 6.45) is 2.49. The molecule has 1 aromatic carbocycles. The lowest BCUT2D eigenvalue weighted by Crippen LogP contribution is -2.47. The molecule has 0 saturated carbocycles. The van der Waals surface area contributed by atoms with Crippen molar-refractivity contribution < 1.29 is 22.8 Å². The van der Waals surface area contributed by atoms with E-state index >= 15 is 0 Å². The number of nitrogens with zero attached hydrogens (tertiary/aromatic N) is 3. The first kappa shape index (κ1) is 20.2. The van der Waals surface area contributed by atoms with Crippen molar-refractivity contribution in [2.75, 3.05) is 18.0 Å². The highest BCUT2D eigenvalue weighted by molar-refractivity contribution is 5.95. The summed E-state index contributed by atoms with van der Waals surface area (Å²) in [6.45, 7) is 0.955. The van der Waals surface area contributed by atoms with Crippen LogP contribution in [-0.4, -0.2) is 29.9 Å². The van der Waals surface area contributed by atoms with Crippen molar-refractivity contribution in [3.05, 3.63) is 59.7 Å². The summed E-state index contributed by atoms with van der Waals surface area (Å²) in [6, 6.07) is 10.4. The number of piperidine rings is 1. The highest BCUT2D eigenvalue weighted by Gasteiger charge is 2.29. The fourth-order valence-corrected chi connectivity index (χ4v) is 3.34. The van der Waals surface area contributed by atoms with Gasteiger partial charge in [-0.05, 0) is 49.2 Å². The van der Waals surface area contributed by atoms with Crippen LogP contribution in [0.5, 0.6) is 0 Å². The molecule has 9 nitrogen and oxygen atoms in total. The number of carbonyl (C=O) groups excluding carboxylic acids is 2. The molecule has 4 rings (SSSR count). The molecule has 0 atom stereocenters. The Morgan fingerprint density at radius 2 is 1.90 bits per heavy atom. The average molecular weight is 423 g/mol. The Kier molecular flexibility index (Phi) is 5.66. The number of carbonyl (C=O) groups is 2. The zero-order chi connectivity index (χ0) is 21.8. The molecule has 1 aliphatic rings. The van der Waals surface area contributed by atoms with E-state index in [0.29, 0.717) is 37.6 Å². The second kappa shape index (κ2) is 8.71. The van der Waals surface area contributed by atoms with E-state index in [1.807, 2.05) is 11.0 Å². The number of rotatable bonds is 4. The molecule has 3 heterocycles. The van der Waals surface area contributed by atoms with Crippen LogP contribution in [0.25, 0.3) is 11.7 Å². The molecule has 31 heavy (non-hydrogen) atoms. The normalized spacial score (nSPS) is 14.1. The van der Waals surface area contributed by atoms with Gasteiger partial charge in [0.15, 0.2) is 5.76 Å².